The van der Waals surface area contributed by atoms with Crippen molar-refractivity contribution in [3.63, 3.8) is 0 Å². The van der Waals surface area contributed by atoms with Gasteiger partial charge in [-0.25, -0.2) is 4.79 Å². The lowest BCUT2D eigenvalue weighted by Gasteiger charge is -2.24. The van der Waals surface area contributed by atoms with Crippen molar-refractivity contribution >= 4 is 33.7 Å². The van der Waals surface area contributed by atoms with Crippen molar-refractivity contribution in [3.05, 3.63) is 54.4 Å². The summed E-state index contributed by atoms with van der Waals surface area (Å²) in [6.07, 6.45) is 3.58. The van der Waals surface area contributed by atoms with Crippen molar-refractivity contribution in [3.8, 4) is 5.75 Å². The Hall–Kier alpha value is -3.48. The van der Waals surface area contributed by atoms with Gasteiger partial charge in [0, 0.05) is 29.6 Å². The Morgan fingerprint density at radius 3 is 2.96 bits per heavy atom. The van der Waals surface area contributed by atoms with Crippen LogP contribution >= 0.6 is 0 Å². The van der Waals surface area contributed by atoms with Crippen LogP contribution < -0.4 is 10.1 Å². The summed E-state index contributed by atoms with van der Waals surface area (Å²) in [5.74, 6) is 0.602. The second kappa shape index (κ2) is 6.60. The molecule has 1 aliphatic rings. The number of para-hydroxylation sites is 1. The number of aromatic amines is 1. The molecule has 0 saturated carbocycles. The van der Waals surface area contributed by atoms with Gasteiger partial charge in [-0.15, -0.1) is 0 Å². The molecule has 1 saturated heterocycles. The first kappa shape index (κ1) is 16.7. The Bertz CT molecular complexity index is 1150. The number of likely N-dealkylation sites (tertiary alicyclic amines) is 1. The maximum atomic E-state index is 13.0. The van der Waals surface area contributed by atoms with Gasteiger partial charge in [0.15, 0.2) is 0 Å². The van der Waals surface area contributed by atoms with Crippen LogP contribution in [0.1, 0.15) is 24.6 Å². The Morgan fingerprint density at radius 1 is 1.25 bits per heavy atom. The first-order valence-electron chi connectivity index (χ1n) is 9.31. The van der Waals surface area contributed by atoms with Gasteiger partial charge in [-0.3, -0.25) is 5.10 Å². The fourth-order valence-electron chi connectivity index (χ4n) is 3.99. The summed E-state index contributed by atoms with van der Waals surface area (Å²) in [4.78, 5) is 14.8. The van der Waals surface area contributed by atoms with Crippen LogP contribution in [-0.4, -0.2) is 34.8 Å². The zero-order valence-corrected chi connectivity index (χ0v) is 15.4. The molecule has 0 bridgehead atoms. The highest BCUT2D eigenvalue weighted by atomic mass is 16.5. The highest BCUT2D eigenvalue weighted by molar-refractivity contribution is 6.07. The molecule has 4 aromatic rings. The van der Waals surface area contributed by atoms with Crippen LogP contribution in [0, 0.1) is 0 Å². The van der Waals surface area contributed by atoms with E-state index < -0.39 is 0 Å². The fourth-order valence-corrected chi connectivity index (χ4v) is 3.99. The van der Waals surface area contributed by atoms with Crippen LogP contribution in [0.5, 0.6) is 5.75 Å². The smallest absolute Gasteiger partial charge is 0.322 e. The number of carbonyl (C=O) groups excluding carboxylic acids is 1. The summed E-state index contributed by atoms with van der Waals surface area (Å²) >= 11 is 0. The number of carbonyl (C=O) groups is 1. The van der Waals surface area contributed by atoms with E-state index in [4.69, 9.17) is 9.15 Å². The Labute approximate surface area is 161 Å². The summed E-state index contributed by atoms with van der Waals surface area (Å²) < 4.78 is 11.5. The average molecular weight is 376 g/mol. The van der Waals surface area contributed by atoms with Crippen molar-refractivity contribution < 1.29 is 13.9 Å². The van der Waals surface area contributed by atoms with Gasteiger partial charge in [-0.05, 0) is 31.0 Å². The number of fused-ring (bicyclic) bond motifs is 3. The third-order valence-corrected chi connectivity index (χ3v) is 5.34. The van der Waals surface area contributed by atoms with Gasteiger partial charge < -0.3 is 19.4 Å². The van der Waals surface area contributed by atoms with Crippen molar-refractivity contribution in [2.75, 3.05) is 19.0 Å². The molecule has 1 aliphatic heterocycles. The number of hydrogen-bond acceptors (Lipinski definition) is 4. The van der Waals surface area contributed by atoms with E-state index in [1.165, 1.54) is 0 Å². The SMILES string of the molecule is COc1cc2c(cc1NC(=O)N1CCC[C@@H]1c1ccn[nH]1)oc1ccccc12. The van der Waals surface area contributed by atoms with Gasteiger partial charge in [-0.1, -0.05) is 18.2 Å². The number of ether oxygens (including phenoxy) is 1. The number of benzene rings is 2. The van der Waals surface area contributed by atoms with E-state index in [1.54, 1.807) is 13.3 Å². The number of methoxy groups -OCH3 is 1. The number of furan rings is 1. The number of rotatable bonds is 3. The Kier molecular flexibility index (Phi) is 3.93. The van der Waals surface area contributed by atoms with Crippen LogP contribution in [0.3, 0.4) is 0 Å². The largest absolute Gasteiger partial charge is 0.495 e. The van der Waals surface area contributed by atoms with Gasteiger partial charge >= 0.3 is 6.03 Å². The van der Waals surface area contributed by atoms with E-state index >= 15 is 0 Å². The molecule has 2 N–H and O–H groups in total. The predicted molar refractivity (Wildman–Crippen MR) is 107 cm³/mol. The predicted octanol–water partition coefficient (Wildman–Crippen LogP) is 4.69. The second-order valence-electron chi connectivity index (χ2n) is 6.94. The number of aromatic nitrogens is 2. The third-order valence-electron chi connectivity index (χ3n) is 5.34. The topological polar surface area (TPSA) is 83.4 Å². The summed E-state index contributed by atoms with van der Waals surface area (Å²) in [6.45, 7) is 0.699. The van der Waals surface area contributed by atoms with E-state index in [0.717, 1.165) is 34.9 Å². The molecule has 0 unspecified atom stereocenters. The zero-order chi connectivity index (χ0) is 19.1. The Balaban J connectivity index is 1.48. The lowest BCUT2D eigenvalue weighted by Crippen LogP contribution is -2.34. The minimum atomic E-state index is -0.161. The molecular formula is C21H20N4O3. The molecule has 7 nitrogen and oxygen atoms in total. The van der Waals surface area contributed by atoms with Crippen molar-refractivity contribution in [1.82, 2.24) is 15.1 Å². The van der Waals surface area contributed by atoms with Gasteiger partial charge in [0.1, 0.15) is 16.9 Å². The zero-order valence-electron chi connectivity index (χ0n) is 15.4. The maximum Gasteiger partial charge on any atom is 0.322 e. The monoisotopic (exact) mass is 376 g/mol. The molecule has 1 fully saturated rings. The minimum absolute atomic E-state index is 0.00317. The number of hydrogen-bond donors (Lipinski definition) is 2. The van der Waals surface area contributed by atoms with Gasteiger partial charge in [-0.2, -0.15) is 5.10 Å². The molecule has 142 valence electrons. The average Bonchev–Trinajstić information content (AvgIpc) is 3.45. The van der Waals surface area contributed by atoms with Crippen LogP contribution in [0.4, 0.5) is 10.5 Å². The number of H-pyrrole nitrogens is 1. The van der Waals surface area contributed by atoms with Crippen LogP contribution in [0.2, 0.25) is 0 Å². The summed E-state index contributed by atoms with van der Waals surface area (Å²) in [7, 11) is 1.60. The highest BCUT2D eigenvalue weighted by Gasteiger charge is 2.31. The number of anilines is 1. The molecule has 28 heavy (non-hydrogen) atoms. The summed E-state index contributed by atoms with van der Waals surface area (Å²) in [5, 5.41) is 12.0. The minimum Gasteiger partial charge on any atom is -0.495 e. The summed E-state index contributed by atoms with van der Waals surface area (Å²) in [5.41, 5.74) is 3.06. The molecule has 2 aromatic heterocycles. The molecule has 0 radical (unpaired) electrons. The third kappa shape index (κ3) is 2.67. The number of urea groups is 1. The van der Waals surface area contributed by atoms with Crippen LogP contribution in [0.15, 0.2) is 53.1 Å². The van der Waals surface area contributed by atoms with Crippen molar-refractivity contribution in [1.29, 1.82) is 0 Å². The number of nitrogens with one attached hydrogen (secondary N) is 2. The standard InChI is InChI=1S/C21H20N4O3/c1-27-20-11-14-13-5-2-3-7-18(13)28-19(14)12-16(20)23-21(26)25-10-4-6-17(25)15-8-9-22-24-15/h2-3,5,7-9,11-12,17H,4,6,10H2,1H3,(H,22,24)(H,23,26)/t17-/m1/s1. The molecule has 0 aliphatic carbocycles. The van der Waals surface area contributed by atoms with Gasteiger partial charge in [0.2, 0.25) is 0 Å². The molecule has 7 heteroatoms. The van der Waals surface area contributed by atoms with Crippen molar-refractivity contribution in [2.45, 2.75) is 18.9 Å². The first-order valence-corrected chi connectivity index (χ1v) is 9.31. The highest BCUT2D eigenvalue weighted by Crippen LogP contribution is 2.37. The van der Waals surface area contributed by atoms with E-state index in [0.29, 0.717) is 23.6 Å². The molecular weight excluding hydrogens is 356 g/mol. The first-order chi connectivity index (χ1) is 13.7. The molecule has 3 heterocycles. The normalized spacial score (nSPS) is 16.8. The summed E-state index contributed by atoms with van der Waals surface area (Å²) in [6, 6.07) is 13.3. The molecule has 1 atom stereocenters. The number of amides is 2. The quantitative estimate of drug-likeness (QED) is 0.543. The van der Waals surface area contributed by atoms with E-state index in [9.17, 15) is 4.79 Å². The van der Waals surface area contributed by atoms with Gasteiger partial charge in [0.25, 0.3) is 0 Å². The van der Waals surface area contributed by atoms with E-state index in [-0.39, 0.29) is 12.1 Å². The van der Waals surface area contributed by atoms with E-state index in [1.807, 2.05) is 47.4 Å². The molecule has 2 aromatic carbocycles. The lowest BCUT2D eigenvalue weighted by atomic mass is 10.1. The van der Waals surface area contributed by atoms with E-state index in [2.05, 4.69) is 15.5 Å². The Morgan fingerprint density at radius 2 is 2.14 bits per heavy atom. The lowest BCUT2D eigenvalue weighted by molar-refractivity contribution is 0.206. The van der Waals surface area contributed by atoms with Crippen molar-refractivity contribution in [2.24, 2.45) is 0 Å². The second-order valence-corrected chi connectivity index (χ2v) is 6.94. The molecule has 0 spiro atoms. The fraction of sp³-hybridized carbons (Fsp3) is 0.238. The molecule has 5 rings (SSSR count). The van der Waals surface area contributed by atoms with Gasteiger partial charge in [0.05, 0.1) is 24.5 Å². The van der Waals surface area contributed by atoms with Crippen LogP contribution in [0.25, 0.3) is 21.9 Å². The number of nitrogens with zero attached hydrogens (tertiary/aromatic N) is 2. The molecule has 2 amide bonds. The van der Waals surface area contributed by atoms with Crippen LogP contribution in [-0.2, 0) is 0 Å². The maximum absolute atomic E-state index is 13.0.